The summed E-state index contributed by atoms with van der Waals surface area (Å²) in [4.78, 5) is 14.8. The van der Waals surface area contributed by atoms with Gasteiger partial charge in [-0.3, -0.25) is 9.36 Å². The zero-order chi connectivity index (χ0) is 16.7. The summed E-state index contributed by atoms with van der Waals surface area (Å²) in [6, 6.07) is 1.86. The van der Waals surface area contributed by atoms with Gasteiger partial charge < -0.3 is 4.98 Å². The molecule has 0 amide bonds. The van der Waals surface area contributed by atoms with Crippen LogP contribution in [0.3, 0.4) is 0 Å². The Hall–Kier alpha value is -1.61. The summed E-state index contributed by atoms with van der Waals surface area (Å²) in [5, 5.41) is 3.21. The zero-order valence-corrected chi connectivity index (χ0v) is 13.2. The van der Waals surface area contributed by atoms with Gasteiger partial charge in [0.25, 0.3) is 5.56 Å². The molecule has 0 spiro atoms. The molecule has 0 aliphatic heterocycles. The maximum Gasteiger partial charge on any atom is 0.435 e. The minimum atomic E-state index is -4.58. The first-order valence-corrected chi connectivity index (χ1v) is 7.03. The average Bonchev–Trinajstić information content (AvgIpc) is 2.69. The van der Waals surface area contributed by atoms with Gasteiger partial charge >= 0.3 is 6.18 Å². The van der Waals surface area contributed by atoms with Gasteiger partial charge in [0.15, 0.2) is 10.5 Å². The second-order valence-corrected chi connectivity index (χ2v) is 5.68. The summed E-state index contributed by atoms with van der Waals surface area (Å²) in [7, 11) is 0. The molecule has 10 heteroatoms. The monoisotopic (exact) mass is 352 g/mol. The van der Waals surface area contributed by atoms with Crippen LogP contribution in [0.1, 0.15) is 31.3 Å². The van der Waals surface area contributed by atoms with Crippen molar-refractivity contribution in [2.45, 2.75) is 32.6 Å². The second kappa shape index (κ2) is 5.88. The van der Waals surface area contributed by atoms with E-state index in [1.165, 1.54) is 10.6 Å². The number of hydrogen-bond donors (Lipinski definition) is 1. The molecule has 0 aliphatic rings. The van der Waals surface area contributed by atoms with Crippen molar-refractivity contribution in [2.24, 2.45) is 0 Å². The van der Waals surface area contributed by atoms with Gasteiger partial charge in [0.1, 0.15) is 5.15 Å². The van der Waals surface area contributed by atoms with Crippen molar-refractivity contribution in [2.75, 3.05) is 0 Å². The molecule has 0 radical (unpaired) electrons. The molecule has 120 valence electrons. The van der Waals surface area contributed by atoms with E-state index in [0.29, 0.717) is 5.69 Å². The first-order chi connectivity index (χ1) is 10.1. The third-order valence-corrected chi connectivity index (χ3v) is 3.48. The molecule has 0 bridgehead atoms. The van der Waals surface area contributed by atoms with Crippen LogP contribution < -0.4 is 5.56 Å². The summed E-state index contributed by atoms with van der Waals surface area (Å²) in [5.41, 5.74) is -1.11. The molecular weight excluding hydrogens is 341 g/mol. The first kappa shape index (κ1) is 16.8. The van der Waals surface area contributed by atoms with E-state index in [2.05, 4.69) is 10.1 Å². The Morgan fingerprint density at radius 1 is 1.41 bits per heavy atom. The number of alkyl halides is 3. The van der Waals surface area contributed by atoms with Gasteiger partial charge in [-0.2, -0.15) is 18.3 Å². The number of nitrogens with one attached hydrogen (secondary N) is 1. The van der Waals surface area contributed by atoms with E-state index in [9.17, 15) is 18.0 Å². The molecule has 0 aromatic carbocycles. The average molecular weight is 353 g/mol. The normalized spacial score (nSPS) is 12.1. The minimum absolute atomic E-state index is 0.118. The SMILES string of the molecule is CC(C)n1c(=O)cc(Cn2nc(C(F)(F)F)cc2Cl)[nH]c1=S. The molecule has 0 aliphatic carbocycles. The van der Waals surface area contributed by atoms with Gasteiger partial charge in [-0.1, -0.05) is 11.6 Å². The maximum atomic E-state index is 12.6. The predicted molar refractivity (Wildman–Crippen MR) is 77.6 cm³/mol. The summed E-state index contributed by atoms with van der Waals surface area (Å²) in [6.45, 7) is 3.47. The van der Waals surface area contributed by atoms with Crippen molar-refractivity contribution in [3.8, 4) is 0 Å². The fraction of sp³-hybridized carbons (Fsp3) is 0.417. The predicted octanol–water partition coefficient (Wildman–Crippen LogP) is 3.40. The molecule has 2 rings (SSSR count). The Morgan fingerprint density at radius 3 is 2.50 bits per heavy atom. The highest BCUT2D eigenvalue weighted by Gasteiger charge is 2.34. The Bertz CT molecular complexity index is 775. The van der Waals surface area contributed by atoms with E-state index in [4.69, 9.17) is 23.8 Å². The lowest BCUT2D eigenvalue weighted by molar-refractivity contribution is -0.141. The Balaban J connectivity index is 2.39. The van der Waals surface area contributed by atoms with E-state index >= 15 is 0 Å². The standard InChI is InChI=1S/C12H12ClF3N4OS/c1-6(2)20-10(21)3-7(17-11(20)22)5-19-9(13)4-8(18-19)12(14,15)16/h3-4,6H,5H2,1-2H3,(H,17,22). The maximum absolute atomic E-state index is 12.6. The highest BCUT2D eigenvalue weighted by atomic mass is 35.5. The van der Waals surface area contributed by atoms with Gasteiger partial charge in [-0.05, 0) is 26.1 Å². The van der Waals surface area contributed by atoms with Crippen LogP contribution in [0.15, 0.2) is 16.9 Å². The van der Waals surface area contributed by atoms with Crippen LogP contribution >= 0.6 is 23.8 Å². The minimum Gasteiger partial charge on any atom is -0.334 e. The van der Waals surface area contributed by atoms with Crippen molar-refractivity contribution in [1.82, 2.24) is 19.3 Å². The van der Waals surface area contributed by atoms with Crippen LogP contribution in [0.5, 0.6) is 0 Å². The molecule has 1 N–H and O–H groups in total. The molecule has 2 heterocycles. The smallest absolute Gasteiger partial charge is 0.334 e. The molecular formula is C12H12ClF3N4OS. The van der Waals surface area contributed by atoms with Crippen molar-refractivity contribution in [3.05, 3.63) is 43.8 Å². The number of H-pyrrole nitrogens is 1. The van der Waals surface area contributed by atoms with Gasteiger partial charge in [-0.25, -0.2) is 4.68 Å². The van der Waals surface area contributed by atoms with Gasteiger partial charge in [0.2, 0.25) is 0 Å². The number of halogens is 4. The van der Waals surface area contributed by atoms with Crippen LogP contribution in [0.2, 0.25) is 5.15 Å². The number of aromatic nitrogens is 4. The van der Waals surface area contributed by atoms with Crippen LogP contribution in [-0.2, 0) is 12.7 Å². The van der Waals surface area contributed by atoms with Crippen molar-refractivity contribution < 1.29 is 13.2 Å². The molecule has 2 aromatic heterocycles. The van der Waals surface area contributed by atoms with E-state index < -0.39 is 11.9 Å². The van der Waals surface area contributed by atoms with E-state index in [1.54, 1.807) is 13.8 Å². The van der Waals surface area contributed by atoms with Crippen LogP contribution in [0, 0.1) is 4.77 Å². The number of nitrogens with zero attached hydrogens (tertiary/aromatic N) is 3. The second-order valence-electron chi connectivity index (χ2n) is 4.91. The summed E-state index contributed by atoms with van der Waals surface area (Å²) >= 11 is 10.8. The lowest BCUT2D eigenvalue weighted by Gasteiger charge is -2.11. The molecule has 0 fully saturated rings. The number of rotatable bonds is 3. The first-order valence-electron chi connectivity index (χ1n) is 6.25. The van der Waals surface area contributed by atoms with Crippen molar-refractivity contribution >= 4 is 23.8 Å². The van der Waals surface area contributed by atoms with E-state index in [-0.39, 0.29) is 28.1 Å². The molecule has 5 nitrogen and oxygen atoms in total. The Labute approximate surface area is 133 Å². The third-order valence-electron chi connectivity index (χ3n) is 2.88. The van der Waals surface area contributed by atoms with Gasteiger partial charge in [-0.15, -0.1) is 0 Å². The molecule has 2 aromatic rings. The molecule has 0 atom stereocenters. The van der Waals surface area contributed by atoms with Crippen LogP contribution in [0.25, 0.3) is 0 Å². The summed E-state index contributed by atoms with van der Waals surface area (Å²) in [5.74, 6) is 0. The lowest BCUT2D eigenvalue weighted by Crippen LogP contribution is -2.24. The number of hydrogen-bond acceptors (Lipinski definition) is 3. The van der Waals surface area contributed by atoms with E-state index in [1.807, 2.05) is 0 Å². The van der Waals surface area contributed by atoms with Crippen LogP contribution in [-0.4, -0.2) is 19.3 Å². The largest absolute Gasteiger partial charge is 0.435 e. The van der Waals surface area contributed by atoms with Gasteiger partial charge in [0, 0.05) is 23.9 Å². The Morgan fingerprint density at radius 2 is 2.05 bits per heavy atom. The highest BCUT2D eigenvalue weighted by Crippen LogP contribution is 2.29. The number of aromatic amines is 1. The van der Waals surface area contributed by atoms with Crippen molar-refractivity contribution in [1.29, 1.82) is 0 Å². The van der Waals surface area contributed by atoms with Crippen LogP contribution in [0.4, 0.5) is 13.2 Å². The summed E-state index contributed by atoms with van der Waals surface area (Å²) in [6.07, 6.45) is -4.58. The Kier molecular flexibility index (Phi) is 4.48. The molecule has 0 saturated carbocycles. The highest BCUT2D eigenvalue weighted by molar-refractivity contribution is 7.71. The topological polar surface area (TPSA) is 55.6 Å². The fourth-order valence-electron chi connectivity index (χ4n) is 1.93. The molecule has 0 saturated heterocycles. The van der Waals surface area contributed by atoms with E-state index in [0.717, 1.165) is 10.7 Å². The fourth-order valence-corrected chi connectivity index (χ4v) is 2.56. The van der Waals surface area contributed by atoms with Crippen molar-refractivity contribution in [3.63, 3.8) is 0 Å². The quantitative estimate of drug-likeness (QED) is 0.861. The third kappa shape index (κ3) is 3.41. The zero-order valence-electron chi connectivity index (χ0n) is 11.6. The molecule has 22 heavy (non-hydrogen) atoms. The summed E-state index contributed by atoms with van der Waals surface area (Å²) < 4.78 is 40.2. The molecule has 0 unspecified atom stereocenters. The lowest BCUT2D eigenvalue weighted by atomic mass is 10.3. The van der Waals surface area contributed by atoms with Gasteiger partial charge in [0.05, 0.1) is 6.54 Å².